The maximum Gasteiger partial charge on any atom is 0.255 e. The Morgan fingerprint density at radius 1 is 1.21 bits per heavy atom. The number of piperazine rings is 1. The van der Waals surface area contributed by atoms with Gasteiger partial charge in [-0.25, -0.2) is 15.0 Å². The lowest BCUT2D eigenvalue weighted by Gasteiger charge is -2.35. The van der Waals surface area contributed by atoms with Crippen LogP contribution in [0.1, 0.15) is 17.2 Å². The molecule has 1 aromatic carbocycles. The van der Waals surface area contributed by atoms with Crippen LogP contribution >= 0.6 is 0 Å². The van der Waals surface area contributed by atoms with Crippen LogP contribution in [0.4, 0.5) is 5.95 Å². The van der Waals surface area contributed by atoms with Crippen molar-refractivity contribution in [2.24, 2.45) is 7.05 Å². The molecular formula is C20H19N7O. The van der Waals surface area contributed by atoms with Gasteiger partial charge in [-0.05, 0) is 23.8 Å². The minimum absolute atomic E-state index is 0.0844. The third-order valence-electron chi connectivity index (χ3n) is 4.86. The number of aromatic nitrogens is 4. The first-order valence-electron chi connectivity index (χ1n) is 8.98. The molecular weight excluding hydrogens is 354 g/mol. The van der Waals surface area contributed by atoms with E-state index in [0.717, 1.165) is 18.7 Å². The number of nitriles is 1. The molecule has 1 unspecified atom stereocenters. The Morgan fingerprint density at radius 3 is 2.75 bits per heavy atom. The Kier molecular flexibility index (Phi) is 4.83. The van der Waals surface area contributed by atoms with Gasteiger partial charge in [-0.1, -0.05) is 12.1 Å². The van der Waals surface area contributed by atoms with Crippen LogP contribution in [0.3, 0.4) is 0 Å². The Bertz CT molecular complexity index is 1070. The van der Waals surface area contributed by atoms with E-state index in [4.69, 9.17) is 10.2 Å². The summed E-state index contributed by atoms with van der Waals surface area (Å²) in [7, 11) is 1.73. The molecule has 0 saturated carbocycles. The fourth-order valence-electron chi connectivity index (χ4n) is 3.33. The maximum atomic E-state index is 12.5. The monoisotopic (exact) mass is 373 g/mol. The molecule has 4 rings (SSSR count). The second-order valence-corrected chi connectivity index (χ2v) is 6.62. The Morgan fingerprint density at radius 2 is 2.04 bits per heavy atom. The van der Waals surface area contributed by atoms with Gasteiger partial charge < -0.3 is 10.2 Å². The molecule has 0 spiro atoms. The topological polar surface area (TPSA) is 99.7 Å². The summed E-state index contributed by atoms with van der Waals surface area (Å²) < 4.78 is 1.56. The van der Waals surface area contributed by atoms with Gasteiger partial charge in [-0.3, -0.25) is 9.36 Å². The summed E-state index contributed by atoms with van der Waals surface area (Å²) in [5, 5.41) is 12.5. The number of anilines is 1. The van der Waals surface area contributed by atoms with Gasteiger partial charge in [0, 0.05) is 45.0 Å². The van der Waals surface area contributed by atoms with E-state index in [2.05, 4.69) is 26.3 Å². The summed E-state index contributed by atoms with van der Waals surface area (Å²) in [6.45, 7) is 2.16. The molecule has 1 fully saturated rings. The van der Waals surface area contributed by atoms with Gasteiger partial charge in [-0.15, -0.1) is 0 Å². The first-order valence-corrected chi connectivity index (χ1v) is 8.98. The predicted octanol–water partition coefficient (Wildman–Crippen LogP) is 1.26. The molecule has 1 aliphatic rings. The lowest BCUT2D eigenvalue weighted by Crippen LogP contribution is -2.47. The smallest absolute Gasteiger partial charge is 0.255 e. The number of benzene rings is 1. The summed E-state index contributed by atoms with van der Waals surface area (Å²) in [6.07, 6.45) is 3.08. The van der Waals surface area contributed by atoms with Crippen LogP contribution in [-0.2, 0) is 7.05 Å². The first kappa shape index (κ1) is 17.8. The summed E-state index contributed by atoms with van der Waals surface area (Å²) in [6, 6.07) is 13.0. The summed E-state index contributed by atoms with van der Waals surface area (Å²) >= 11 is 0. The summed E-state index contributed by atoms with van der Waals surface area (Å²) in [5.74, 6) is 0.612. The average molecular weight is 373 g/mol. The van der Waals surface area contributed by atoms with Crippen LogP contribution < -0.4 is 15.8 Å². The average Bonchev–Trinajstić information content (AvgIpc) is 2.76. The molecule has 0 bridgehead atoms. The van der Waals surface area contributed by atoms with Gasteiger partial charge in [-0.2, -0.15) is 5.26 Å². The van der Waals surface area contributed by atoms with Crippen LogP contribution in [0.2, 0.25) is 0 Å². The van der Waals surface area contributed by atoms with Crippen molar-refractivity contribution >= 4 is 5.95 Å². The standard InChI is InChI=1S/C20H19N7O/c1-26-19(28)10-17(16-6-7-22-13-24-16)25-20(26)27-9-8-23-18(12-27)15-4-2-14(11-21)3-5-15/h2-7,10,13,18,23H,8-9,12H2,1H3. The number of hydrogen-bond donors (Lipinski definition) is 1. The van der Waals surface area contributed by atoms with Crippen LogP contribution in [0.15, 0.2) is 53.7 Å². The zero-order valence-corrected chi connectivity index (χ0v) is 15.4. The van der Waals surface area contributed by atoms with Crippen LogP contribution in [0.5, 0.6) is 0 Å². The van der Waals surface area contributed by atoms with E-state index in [9.17, 15) is 4.79 Å². The molecule has 1 aliphatic heterocycles. The molecule has 3 aromatic rings. The molecule has 8 nitrogen and oxygen atoms in total. The van der Waals surface area contributed by atoms with E-state index in [0.29, 0.717) is 29.4 Å². The van der Waals surface area contributed by atoms with Gasteiger partial charge >= 0.3 is 0 Å². The lowest BCUT2D eigenvalue weighted by molar-refractivity contribution is 0.462. The van der Waals surface area contributed by atoms with E-state index in [1.165, 1.54) is 12.4 Å². The molecule has 0 aliphatic carbocycles. The Labute approximate surface area is 162 Å². The van der Waals surface area contributed by atoms with Crippen LogP contribution in [-0.4, -0.2) is 39.2 Å². The second-order valence-electron chi connectivity index (χ2n) is 6.62. The van der Waals surface area contributed by atoms with E-state index >= 15 is 0 Å². The maximum absolute atomic E-state index is 12.5. The molecule has 140 valence electrons. The fourth-order valence-corrected chi connectivity index (χ4v) is 3.33. The number of rotatable bonds is 3. The van der Waals surface area contributed by atoms with Crippen molar-refractivity contribution in [3.8, 4) is 17.5 Å². The molecule has 8 heteroatoms. The van der Waals surface area contributed by atoms with Crippen molar-refractivity contribution in [3.63, 3.8) is 0 Å². The highest BCUT2D eigenvalue weighted by atomic mass is 16.1. The van der Waals surface area contributed by atoms with Gasteiger partial charge in [0.15, 0.2) is 0 Å². The van der Waals surface area contributed by atoms with E-state index in [1.807, 2.05) is 24.3 Å². The number of nitrogens with zero attached hydrogens (tertiary/aromatic N) is 6. The molecule has 1 saturated heterocycles. The van der Waals surface area contributed by atoms with Gasteiger partial charge in [0.05, 0.1) is 23.0 Å². The third kappa shape index (κ3) is 3.48. The third-order valence-corrected chi connectivity index (χ3v) is 4.86. The molecule has 1 atom stereocenters. The van der Waals surface area contributed by atoms with Crippen molar-refractivity contribution < 1.29 is 0 Å². The van der Waals surface area contributed by atoms with E-state index in [-0.39, 0.29) is 11.6 Å². The van der Waals surface area contributed by atoms with E-state index in [1.54, 1.807) is 23.9 Å². The SMILES string of the molecule is Cn1c(N2CCNC(c3ccc(C#N)cc3)C2)nc(-c2ccncn2)cc1=O. The minimum Gasteiger partial charge on any atom is -0.339 e. The molecule has 0 amide bonds. The number of hydrogen-bond acceptors (Lipinski definition) is 7. The Balaban J connectivity index is 1.65. The lowest BCUT2D eigenvalue weighted by atomic mass is 10.0. The quantitative estimate of drug-likeness (QED) is 0.738. The van der Waals surface area contributed by atoms with Crippen molar-refractivity contribution in [1.82, 2.24) is 24.8 Å². The normalized spacial score (nSPS) is 16.6. The zero-order chi connectivity index (χ0) is 19.5. The highest BCUT2D eigenvalue weighted by molar-refractivity contribution is 5.55. The number of nitrogens with one attached hydrogen (secondary N) is 1. The predicted molar refractivity (Wildman–Crippen MR) is 105 cm³/mol. The van der Waals surface area contributed by atoms with E-state index < -0.39 is 0 Å². The fraction of sp³-hybridized carbons (Fsp3) is 0.250. The zero-order valence-electron chi connectivity index (χ0n) is 15.4. The van der Waals surface area contributed by atoms with Gasteiger partial charge in [0.2, 0.25) is 5.95 Å². The van der Waals surface area contributed by atoms with Gasteiger partial charge in [0.1, 0.15) is 6.33 Å². The van der Waals surface area contributed by atoms with Crippen molar-refractivity contribution in [3.05, 3.63) is 70.4 Å². The molecule has 3 heterocycles. The van der Waals surface area contributed by atoms with Gasteiger partial charge in [0.25, 0.3) is 5.56 Å². The molecule has 28 heavy (non-hydrogen) atoms. The molecule has 2 aromatic heterocycles. The summed E-state index contributed by atoms with van der Waals surface area (Å²) in [5.41, 5.74) is 2.76. The highest BCUT2D eigenvalue weighted by Gasteiger charge is 2.24. The van der Waals surface area contributed by atoms with Crippen LogP contribution in [0.25, 0.3) is 11.4 Å². The summed E-state index contributed by atoms with van der Waals surface area (Å²) in [4.78, 5) is 27.4. The molecule has 0 radical (unpaired) electrons. The molecule has 1 N–H and O–H groups in total. The van der Waals surface area contributed by atoms with Crippen LogP contribution in [0, 0.1) is 11.3 Å². The van der Waals surface area contributed by atoms with Crippen molar-refractivity contribution in [2.45, 2.75) is 6.04 Å². The largest absolute Gasteiger partial charge is 0.339 e. The van der Waals surface area contributed by atoms with Crippen molar-refractivity contribution in [1.29, 1.82) is 5.26 Å². The second kappa shape index (κ2) is 7.58. The first-order chi connectivity index (χ1) is 13.7. The highest BCUT2D eigenvalue weighted by Crippen LogP contribution is 2.22. The minimum atomic E-state index is -0.132. The Hall–Kier alpha value is -3.57. The van der Waals surface area contributed by atoms with Crippen molar-refractivity contribution in [2.75, 3.05) is 24.5 Å².